The summed E-state index contributed by atoms with van der Waals surface area (Å²) in [6, 6.07) is 9.93. The third-order valence-electron chi connectivity index (χ3n) is 5.64. The first-order valence-electron chi connectivity index (χ1n) is 8.67. The lowest BCUT2D eigenvalue weighted by molar-refractivity contribution is -0.140. The van der Waals surface area contributed by atoms with Crippen LogP contribution in [-0.4, -0.2) is 27.6 Å². The van der Waals surface area contributed by atoms with Gasteiger partial charge >= 0.3 is 0 Å². The Labute approximate surface area is 149 Å². The highest BCUT2D eigenvalue weighted by molar-refractivity contribution is 6.06. The first-order chi connectivity index (χ1) is 12.6. The maximum Gasteiger partial charge on any atom is 0.254 e. The molecule has 1 saturated heterocycles. The maximum atomic E-state index is 14.1. The van der Waals surface area contributed by atoms with Crippen molar-refractivity contribution in [1.82, 2.24) is 9.58 Å². The highest BCUT2D eigenvalue weighted by Gasteiger charge is 2.59. The SMILES string of the molecule is O=C1[C@@H]2[C@H](C(=O)N1N=Cc1cccn1-c1ccccc1F)[C@H]1C=C[C@H]2C1. The molecule has 3 aliphatic rings. The van der Waals surface area contributed by atoms with Gasteiger partial charge in [0.15, 0.2) is 0 Å². The molecule has 5 rings (SSSR count). The number of para-hydroxylation sites is 1. The molecule has 130 valence electrons. The lowest BCUT2D eigenvalue weighted by Gasteiger charge is -2.13. The Kier molecular flexibility index (Phi) is 3.22. The Hall–Kier alpha value is -3.02. The molecule has 0 spiro atoms. The lowest BCUT2D eigenvalue weighted by atomic mass is 9.85. The fourth-order valence-corrected chi connectivity index (χ4v) is 4.48. The van der Waals surface area contributed by atoms with Gasteiger partial charge in [-0.3, -0.25) is 9.59 Å². The van der Waals surface area contributed by atoms with Crippen LogP contribution in [0.5, 0.6) is 0 Å². The summed E-state index contributed by atoms with van der Waals surface area (Å²) in [5.74, 6) is -1.04. The normalized spacial score (nSPS) is 29.3. The van der Waals surface area contributed by atoms with Gasteiger partial charge in [0, 0.05) is 6.20 Å². The Morgan fingerprint density at radius 3 is 2.38 bits per heavy atom. The van der Waals surface area contributed by atoms with E-state index in [0.717, 1.165) is 11.4 Å². The first-order valence-corrected chi connectivity index (χ1v) is 8.67. The van der Waals surface area contributed by atoms with Gasteiger partial charge in [-0.1, -0.05) is 24.3 Å². The number of aromatic nitrogens is 1. The number of fused-ring (bicyclic) bond motifs is 5. The van der Waals surface area contributed by atoms with Gasteiger partial charge in [-0.05, 0) is 42.5 Å². The fraction of sp³-hybridized carbons (Fsp3) is 0.250. The molecule has 2 bridgehead atoms. The van der Waals surface area contributed by atoms with E-state index in [1.807, 2.05) is 12.2 Å². The van der Waals surface area contributed by atoms with E-state index >= 15 is 0 Å². The number of hydrogen-bond donors (Lipinski definition) is 0. The van der Waals surface area contributed by atoms with Gasteiger partial charge in [-0.2, -0.15) is 10.1 Å². The average Bonchev–Trinajstić information content (AvgIpc) is 3.39. The van der Waals surface area contributed by atoms with Crippen molar-refractivity contribution >= 4 is 18.0 Å². The summed E-state index contributed by atoms with van der Waals surface area (Å²) in [5, 5.41) is 5.16. The van der Waals surface area contributed by atoms with Crippen LogP contribution in [-0.2, 0) is 9.59 Å². The van der Waals surface area contributed by atoms with Crippen LogP contribution in [0.4, 0.5) is 4.39 Å². The fourth-order valence-electron chi connectivity index (χ4n) is 4.48. The van der Waals surface area contributed by atoms with E-state index < -0.39 is 0 Å². The summed E-state index contributed by atoms with van der Waals surface area (Å²) in [6.07, 6.45) is 8.15. The lowest BCUT2D eigenvalue weighted by Crippen LogP contribution is -2.28. The molecular formula is C20H16FN3O2. The number of amides is 2. The van der Waals surface area contributed by atoms with Crippen LogP contribution in [0.15, 0.2) is 59.8 Å². The van der Waals surface area contributed by atoms with Gasteiger partial charge in [-0.25, -0.2) is 4.39 Å². The van der Waals surface area contributed by atoms with Crippen molar-refractivity contribution in [2.24, 2.45) is 28.8 Å². The molecule has 0 N–H and O–H groups in total. The average molecular weight is 349 g/mol. The molecule has 6 heteroatoms. The molecule has 2 aliphatic carbocycles. The number of allylic oxidation sites excluding steroid dienone is 2. The Balaban J connectivity index is 1.44. The second-order valence-corrected chi connectivity index (χ2v) is 6.99. The number of nitrogens with zero attached hydrogens (tertiary/aromatic N) is 3. The number of carbonyl (C=O) groups is 2. The minimum Gasteiger partial charge on any atom is -0.313 e. The molecule has 2 heterocycles. The second kappa shape index (κ2) is 5.49. The molecule has 1 aromatic carbocycles. The van der Waals surface area contributed by atoms with Crippen molar-refractivity contribution in [3.05, 3.63) is 66.3 Å². The molecule has 1 aromatic heterocycles. The van der Waals surface area contributed by atoms with Gasteiger partial charge in [0.1, 0.15) is 5.82 Å². The standard InChI is InChI=1S/C20H16FN3O2/c21-15-5-1-2-6-16(15)23-9-3-4-14(23)11-22-24-19(25)17-12-7-8-13(10-12)18(17)20(24)26/h1-9,11-13,17-18H,10H2/t12-,13-,17-,18+/m0/s1. The molecule has 2 fully saturated rings. The number of halogens is 1. The number of benzene rings is 1. The molecule has 0 radical (unpaired) electrons. The van der Waals surface area contributed by atoms with Crippen LogP contribution in [0, 0.1) is 29.5 Å². The number of imide groups is 1. The first kappa shape index (κ1) is 15.3. The van der Waals surface area contributed by atoms with Gasteiger partial charge < -0.3 is 4.57 Å². The smallest absolute Gasteiger partial charge is 0.254 e. The molecule has 1 saturated carbocycles. The number of hydrazone groups is 1. The molecule has 26 heavy (non-hydrogen) atoms. The Bertz CT molecular complexity index is 947. The van der Waals surface area contributed by atoms with Crippen LogP contribution in [0.2, 0.25) is 0 Å². The topological polar surface area (TPSA) is 54.7 Å². The molecule has 0 unspecified atom stereocenters. The van der Waals surface area contributed by atoms with Crippen molar-refractivity contribution in [2.45, 2.75) is 6.42 Å². The number of rotatable bonds is 3. The van der Waals surface area contributed by atoms with Gasteiger partial charge in [0.05, 0.1) is 29.4 Å². The highest BCUT2D eigenvalue weighted by Crippen LogP contribution is 2.52. The summed E-state index contributed by atoms with van der Waals surface area (Å²) in [7, 11) is 0. The van der Waals surface area contributed by atoms with Gasteiger partial charge in [0.2, 0.25) is 0 Å². The van der Waals surface area contributed by atoms with E-state index in [-0.39, 0.29) is 41.3 Å². The predicted octanol–water partition coefficient (Wildman–Crippen LogP) is 2.76. The zero-order valence-corrected chi connectivity index (χ0v) is 13.8. The van der Waals surface area contributed by atoms with E-state index in [1.165, 1.54) is 12.3 Å². The van der Waals surface area contributed by atoms with Crippen molar-refractivity contribution < 1.29 is 14.0 Å². The molecular weight excluding hydrogens is 333 g/mol. The van der Waals surface area contributed by atoms with Crippen LogP contribution in [0.1, 0.15) is 12.1 Å². The second-order valence-electron chi connectivity index (χ2n) is 6.99. The number of carbonyl (C=O) groups excluding carboxylic acids is 2. The molecule has 1 aliphatic heterocycles. The van der Waals surface area contributed by atoms with E-state index in [0.29, 0.717) is 11.4 Å². The third-order valence-corrected chi connectivity index (χ3v) is 5.64. The Morgan fingerprint density at radius 1 is 1.00 bits per heavy atom. The highest BCUT2D eigenvalue weighted by atomic mass is 19.1. The summed E-state index contributed by atoms with van der Waals surface area (Å²) in [4.78, 5) is 25.3. The largest absolute Gasteiger partial charge is 0.313 e. The van der Waals surface area contributed by atoms with Crippen molar-refractivity contribution in [3.8, 4) is 5.69 Å². The van der Waals surface area contributed by atoms with Crippen LogP contribution >= 0.6 is 0 Å². The van der Waals surface area contributed by atoms with Crippen molar-refractivity contribution in [2.75, 3.05) is 0 Å². The van der Waals surface area contributed by atoms with Crippen LogP contribution in [0.3, 0.4) is 0 Å². The maximum absolute atomic E-state index is 14.1. The minimum atomic E-state index is -0.358. The summed E-state index contributed by atoms with van der Waals surface area (Å²) < 4.78 is 15.7. The quantitative estimate of drug-likeness (QED) is 0.486. The minimum absolute atomic E-state index is 0.156. The predicted molar refractivity (Wildman–Crippen MR) is 92.9 cm³/mol. The third kappa shape index (κ3) is 2.05. The summed E-state index contributed by atoms with van der Waals surface area (Å²) in [6.45, 7) is 0. The van der Waals surface area contributed by atoms with Crippen LogP contribution in [0.25, 0.3) is 5.69 Å². The molecule has 2 aromatic rings. The monoisotopic (exact) mass is 349 g/mol. The van der Waals surface area contributed by atoms with E-state index in [1.54, 1.807) is 41.1 Å². The van der Waals surface area contributed by atoms with Crippen molar-refractivity contribution in [3.63, 3.8) is 0 Å². The Morgan fingerprint density at radius 2 is 1.69 bits per heavy atom. The van der Waals surface area contributed by atoms with Gasteiger partial charge in [-0.15, -0.1) is 0 Å². The van der Waals surface area contributed by atoms with Gasteiger partial charge in [0.25, 0.3) is 11.8 Å². The summed E-state index contributed by atoms with van der Waals surface area (Å²) in [5.41, 5.74) is 0.978. The molecule has 5 nitrogen and oxygen atoms in total. The van der Waals surface area contributed by atoms with Crippen LogP contribution < -0.4 is 0 Å². The van der Waals surface area contributed by atoms with E-state index in [2.05, 4.69) is 5.10 Å². The zero-order chi connectivity index (χ0) is 17.8. The zero-order valence-electron chi connectivity index (χ0n) is 13.8. The summed E-state index contributed by atoms with van der Waals surface area (Å²) >= 11 is 0. The number of hydrogen-bond acceptors (Lipinski definition) is 3. The van der Waals surface area contributed by atoms with E-state index in [4.69, 9.17) is 0 Å². The van der Waals surface area contributed by atoms with E-state index in [9.17, 15) is 14.0 Å². The van der Waals surface area contributed by atoms with Crippen molar-refractivity contribution in [1.29, 1.82) is 0 Å². The molecule has 2 amide bonds. The molecule has 4 atom stereocenters.